The molecule has 0 bridgehead atoms. The predicted octanol–water partition coefficient (Wildman–Crippen LogP) is 3.28. The first kappa shape index (κ1) is 20.9. The lowest BCUT2D eigenvalue weighted by atomic mass is 9.79. The molecule has 2 aliphatic rings. The molecule has 7 heteroatoms. The van der Waals surface area contributed by atoms with Gasteiger partial charge in [0.15, 0.2) is 0 Å². The molecule has 2 amide bonds. The molecule has 2 aromatic rings. The van der Waals surface area contributed by atoms with Crippen LogP contribution >= 0.6 is 0 Å². The van der Waals surface area contributed by atoms with Gasteiger partial charge >= 0.3 is 12.1 Å². The van der Waals surface area contributed by atoms with Crippen LogP contribution in [0.15, 0.2) is 48.5 Å². The van der Waals surface area contributed by atoms with Gasteiger partial charge < -0.3 is 20.5 Å². The van der Waals surface area contributed by atoms with Crippen LogP contribution in [0, 0.1) is 5.92 Å². The summed E-state index contributed by atoms with van der Waals surface area (Å²) in [6, 6.07) is 15.3. The molecule has 31 heavy (non-hydrogen) atoms. The number of carboxylic acid groups (broad SMARTS) is 1. The van der Waals surface area contributed by atoms with Crippen LogP contribution in [0.5, 0.6) is 0 Å². The lowest BCUT2D eigenvalue weighted by Crippen LogP contribution is -2.52. The first-order valence-electron chi connectivity index (χ1n) is 10.6. The van der Waals surface area contributed by atoms with E-state index in [1.54, 1.807) is 6.92 Å². The van der Waals surface area contributed by atoms with Crippen LogP contribution in [-0.2, 0) is 14.3 Å². The minimum absolute atomic E-state index is 0.0000581. The SMILES string of the molecule is CC[C@H](NC(=O)C1CC(NC(=O)OCC2c3ccccc3-c3ccccc32)C1)C(=O)O. The maximum atomic E-state index is 12.3. The van der Waals surface area contributed by atoms with Crippen molar-refractivity contribution in [2.24, 2.45) is 5.92 Å². The third-order valence-corrected chi connectivity index (χ3v) is 6.20. The lowest BCUT2D eigenvalue weighted by molar-refractivity contribution is -0.143. The van der Waals surface area contributed by atoms with Gasteiger partial charge in [-0.15, -0.1) is 0 Å². The number of hydrogen-bond acceptors (Lipinski definition) is 4. The van der Waals surface area contributed by atoms with E-state index in [2.05, 4.69) is 34.9 Å². The lowest BCUT2D eigenvalue weighted by Gasteiger charge is -2.35. The van der Waals surface area contributed by atoms with E-state index in [9.17, 15) is 14.4 Å². The summed E-state index contributed by atoms with van der Waals surface area (Å²) in [6.07, 6.45) is 0.788. The van der Waals surface area contributed by atoms with Gasteiger partial charge in [-0.05, 0) is 41.5 Å². The summed E-state index contributed by atoms with van der Waals surface area (Å²) in [5, 5.41) is 14.4. The third-order valence-electron chi connectivity index (χ3n) is 6.20. The molecule has 2 aromatic carbocycles. The maximum Gasteiger partial charge on any atom is 0.407 e. The second-order valence-electron chi connectivity index (χ2n) is 8.14. The Morgan fingerprint density at radius 1 is 1.03 bits per heavy atom. The van der Waals surface area contributed by atoms with E-state index in [4.69, 9.17) is 9.84 Å². The molecule has 1 saturated carbocycles. The quantitative estimate of drug-likeness (QED) is 0.635. The molecule has 1 fully saturated rings. The molecule has 0 spiro atoms. The van der Waals surface area contributed by atoms with E-state index in [1.807, 2.05) is 24.3 Å². The van der Waals surface area contributed by atoms with Crippen molar-refractivity contribution in [1.29, 1.82) is 0 Å². The fourth-order valence-corrected chi connectivity index (χ4v) is 4.38. The van der Waals surface area contributed by atoms with E-state index >= 15 is 0 Å². The van der Waals surface area contributed by atoms with Gasteiger partial charge in [0.2, 0.25) is 5.91 Å². The molecule has 162 valence electrons. The van der Waals surface area contributed by atoms with Gasteiger partial charge in [0, 0.05) is 17.9 Å². The standard InChI is InChI=1S/C24H26N2O5/c1-2-21(23(28)29)26-22(27)14-11-15(12-14)25-24(30)31-13-20-18-9-5-3-7-16(18)17-8-4-6-10-19(17)20/h3-10,14-15,20-21H,2,11-13H2,1H3,(H,25,30)(H,26,27)(H,28,29)/t14?,15?,21-/m0/s1. The van der Waals surface area contributed by atoms with Crippen molar-refractivity contribution in [1.82, 2.24) is 10.6 Å². The molecule has 0 aromatic heterocycles. The molecule has 0 radical (unpaired) electrons. The number of carboxylic acids is 1. The molecule has 0 aliphatic heterocycles. The normalized spacial score (nSPS) is 20.0. The Kier molecular flexibility index (Phi) is 5.93. The Labute approximate surface area is 180 Å². The number of aliphatic carboxylic acids is 1. The summed E-state index contributed by atoms with van der Waals surface area (Å²) in [4.78, 5) is 35.5. The predicted molar refractivity (Wildman–Crippen MR) is 115 cm³/mol. The van der Waals surface area contributed by atoms with Gasteiger partial charge in [0.1, 0.15) is 12.6 Å². The summed E-state index contributed by atoms with van der Waals surface area (Å²) in [6.45, 7) is 1.95. The summed E-state index contributed by atoms with van der Waals surface area (Å²) >= 11 is 0. The van der Waals surface area contributed by atoms with Crippen molar-refractivity contribution in [3.05, 3.63) is 59.7 Å². The summed E-state index contributed by atoms with van der Waals surface area (Å²) in [5.41, 5.74) is 4.65. The summed E-state index contributed by atoms with van der Waals surface area (Å²) < 4.78 is 5.53. The first-order valence-corrected chi connectivity index (χ1v) is 10.6. The average Bonchev–Trinajstić information content (AvgIpc) is 3.06. The number of amides is 2. The number of nitrogens with one attached hydrogen (secondary N) is 2. The van der Waals surface area contributed by atoms with Crippen LogP contribution in [0.4, 0.5) is 4.79 Å². The van der Waals surface area contributed by atoms with Crippen LogP contribution < -0.4 is 10.6 Å². The molecule has 7 nitrogen and oxygen atoms in total. The van der Waals surface area contributed by atoms with Crippen LogP contribution in [0.25, 0.3) is 11.1 Å². The molecule has 0 unspecified atom stereocenters. The molecule has 2 aliphatic carbocycles. The number of hydrogen-bond donors (Lipinski definition) is 3. The largest absolute Gasteiger partial charge is 0.480 e. The monoisotopic (exact) mass is 422 g/mol. The highest BCUT2D eigenvalue weighted by molar-refractivity contribution is 5.85. The zero-order chi connectivity index (χ0) is 22.0. The number of carbonyl (C=O) groups is 3. The van der Waals surface area contributed by atoms with E-state index in [0.717, 1.165) is 11.1 Å². The molecule has 4 rings (SSSR count). The minimum atomic E-state index is -1.04. The number of rotatable bonds is 7. The van der Waals surface area contributed by atoms with E-state index in [-0.39, 0.29) is 30.4 Å². The van der Waals surface area contributed by atoms with Crippen LogP contribution in [0.1, 0.15) is 43.2 Å². The molecular weight excluding hydrogens is 396 g/mol. The zero-order valence-electron chi connectivity index (χ0n) is 17.3. The Morgan fingerprint density at radius 2 is 1.61 bits per heavy atom. The second kappa shape index (κ2) is 8.79. The number of benzene rings is 2. The highest BCUT2D eigenvalue weighted by atomic mass is 16.5. The van der Waals surface area contributed by atoms with Crippen molar-refractivity contribution in [3.8, 4) is 11.1 Å². The van der Waals surface area contributed by atoms with Crippen molar-refractivity contribution in [3.63, 3.8) is 0 Å². The molecule has 0 saturated heterocycles. The van der Waals surface area contributed by atoms with E-state index in [0.29, 0.717) is 19.3 Å². The van der Waals surface area contributed by atoms with E-state index in [1.165, 1.54) is 11.1 Å². The first-order chi connectivity index (χ1) is 15.0. The number of ether oxygens (including phenoxy) is 1. The van der Waals surface area contributed by atoms with Gasteiger partial charge in [0.25, 0.3) is 0 Å². The third kappa shape index (κ3) is 4.26. The number of fused-ring (bicyclic) bond motifs is 3. The van der Waals surface area contributed by atoms with Gasteiger partial charge in [-0.2, -0.15) is 0 Å². The Bertz CT molecular complexity index is 953. The van der Waals surface area contributed by atoms with Crippen molar-refractivity contribution in [2.45, 2.75) is 44.2 Å². The number of alkyl carbamates (subject to hydrolysis) is 1. The highest BCUT2D eigenvalue weighted by Gasteiger charge is 2.37. The Hall–Kier alpha value is -3.35. The molecule has 0 heterocycles. The van der Waals surface area contributed by atoms with Crippen molar-refractivity contribution >= 4 is 18.0 Å². The molecule has 1 atom stereocenters. The second-order valence-corrected chi connectivity index (χ2v) is 8.14. The van der Waals surface area contributed by atoms with Gasteiger partial charge in [0.05, 0.1) is 0 Å². The average molecular weight is 422 g/mol. The van der Waals surface area contributed by atoms with Crippen LogP contribution in [0.2, 0.25) is 0 Å². The minimum Gasteiger partial charge on any atom is -0.480 e. The van der Waals surface area contributed by atoms with E-state index < -0.39 is 18.1 Å². The smallest absolute Gasteiger partial charge is 0.407 e. The highest BCUT2D eigenvalue weighted by Crippen LogP contribution is 2.44. The van der Waals surface area contributed by atoms with Crippen LogP contribution in [-0.4, -0.2) is 41.8 Å². The fraction of sp³-hybridized carbons (Fsp3) is 0.375. The topological polar surface area (TPSA) is 105 Å². The van der Waals surface area contributed by atoms with Gasteiger partial charge in [-0.3, -0.25) is 4.79 Å². The van der Waals surface area contributed by atoms with Crippen LogP contribution in [0.3, 0.4) is 0 Å². The maximum absolute atomic E-state index is 12.3. The van der Waals surface area contributed by atoms with Gasteiger partial charge in [-0.25, -0.2) is 9.59 Å². The number of carbonyl (C=O) groups excluding carboxylic acids is 2. The molecule has 3 N–H and O–H groups in total. The summed E-state index contributed by atoms with van der Waals surface area (Å²) in [5.74, 6) is -1.60. The molecular formula is C24H26N2O5. The zero-order valence-corrected chi connectivity index (χ0v) is 17.3. The van der Waals surface area contributed by atoms with Gasteiger partial charge in [-0.1, -0.05) is 55.5 Å². The Morgan fingerprint density at radius 3 is 2.16 bits per heavy atom. The Balaban J connectivity index is 1.27. The summed E-state index contributed by atoms with van der Waals surface area (Å²) in [7, 11) is 0. The van der Waals surface area contributed by atoms with Crippen molar-refractivity contribution < 1.29 is 24.2 Å². The fourth-order valence-electron chi connectivity index (χ4n) is 4.38. The van der Waals surface area contributed by atoms with Crippen molar-refractivity contribution in [2.75, 3.05) is 6.61 Å².